The summed E-state index contributed by atoms with van der Waals surface area (Å²) in [7, 11) is 3.38. The van der Waals surface area contributed by atoms with Crippen LogP contribution in [0.25, 0.3) is 0 Å². The second kappa shape index (κ2) is 7.05. The number of para-hydroxylation sites is 1. The number of ether oxygens (including phenoxy) is 1. The van der Waals surface area contributed by atoms with Crippen LogP contribution in [0.4, 0.5) is 0 Å². The normalized spacial score (nSPS) is 21.4. The molecule has 1 aliphatic rings. The lowest BCUT2D eigenvalue weighted by Gasteiger charge is -2.41. The van der Waals surface area contributed by atoms with Gasteiger partial charge in [-0.25, -0.2) is 0 Å². The average molecular weight is 328 g/mol. The van der Waals surface area contributed by atoms with Crippen LogP contribution in [-0.2, 0) is 16.9 Å². The van der Waals surface area contributed by atoms with Crippen molar-refractivity contribution in [2.45, 2.75) is 24.9 Å². The summed E-state index contributed by atoms with van der Waals surface area (Å²) in [5.41, 5.74) is 0.478. The largest absolute Gasteiger partial charge is 0.496 e. The number of likely N-dealkylation sites (tertiary alicyclic amines) is 1. The van der Waals surface area contributed by atoms with E-state index in [1.807, 2.05) is 30.5 Å². The fourth-order valence-electron chi connectivity index (χ4n) is 3.56. The maximum Gasteiger partial charge on any atom is 0.249 e. The molecule has 3 rings (SSSR count). The maximum absolute atomic E-state index is 12.7. The third-order valence-electron chi connectivity index (χ3n) is 4.73. The molecular formula is C18H24N4O2. The van der Waals surface area contributed by atoms with Gasteiger partial charge in [-0.1, -0.05) is 18.2 Å². The topological polar surface area (TPSA) is 59.4 Å². The number of nitrogens with zero attached hydrogens (tertiary/aromatic N) is 3. The molecule has 128 valence electrons. The van der Waals surface area contributed by atoms with Gasteiger partial charge >= 0.3 is 0 Å². The molecule has 0 radical (unpaired) electrons. The maximum atomic E-state index is 12.7. The fourth-order valence-corrected chi connectivity index (χ4v) is 3.56. The number of likely N-dealkylation sites (N-methyl/N-ethyl adjacent to an activating group) is 1. The summed E-state index contributed by atoms with van der Waals surface area (Å²) in [5, 5.41) is 7.18. The molecular weight excluding hydrogens is 304 g/mol. The molecule has 0 bridgehead atoms. The van der Waals surface area contributed by atoms with E-state index in [1.54, 1.807) is 25.0 Å². The predicted molar refractivity (Wildman–Crippen MR) is 91.8 cm³/mol. The van der Waals surface area contributed by atoms with Crippen LogP contribution < -0.4 is 10.1 Å². The number of aromatic nitrogens is 2. The molecule has 2 heterocycles. The Labute approximate surface area is 142 Å². The summed E-state index contributed by atoms with van der Waals surface area (Å²) in [4.78, 5) is 15.0. The Hall–Kier alpha value is -2.34. The van der Waals surface area contributed by atoms with Gasteiger partial charge in [0.2, 0.25) is 5.91 Å². The smallest absolute Gasteiger partial charge is 0.249 e. The molecule has 0 aliphatic carbocycles. The van der Waals surface area contributed by atoms with Gasteiger partial charge in [0.1, 0.15) is 5.75 Å². The minimum Gasteiger partial charge on any atom is -0.496 e. The summed E-state index contributed by atoms with van der Waals surface area (Å²) < 4.78 is 7.26. The first-order valence-corrected chi connectivity index (χ1v) is 8.26. The quantitative estimate of drug-likeness (QED) is 0.906. The van der Waals surface area contributed by atoms with Gasteiger partial charge in [0, 0.05) is 38.1 Å². The van der Waals surface area contributed by atoms with Gasteiger partial charge in [-0.3, -0.25) is 14.4 Å². The van der Waals surface area contributed by atoms with Crippen molar-refractivity contribution in [1.82, 2.24) is 20.0 Å². The molecule has 24 heavy (non-hydrogen) atoms. The molecule has 2 aromatic rings. The highest BCUT2D eigenvalue weighted by Crippen LogP contribution is 2.30. The standard InChI is InChI=1S/C18H24N4O2/c1-19-17(23)18(22-12-6-10-20-22)9-5-11-21(14-18)13-15-7-3-4-8-16(15)24-2/h3-4,6-8,10,12H,5,9,11,13-14H2,1-2H3,(H,19,23). The van der Waals surface area contributed by atoms with Gasteiger partial charge in [0.25, 0.3) is 0 Å². The van der Waals surface area contributed by atoms with E-state index in [1.165, 1.54) is 0 Å². The molecule has 1 amide bonds. The van der Waals surface area contributed by atoms with Gasteiger partial charge in [0.15, 0.2) is 5.54 Å². The Kier molecular flexibility index (Phi) is 4.85. The first-order valence-electron chi connectivity index (χ1n) is 8.26. The lowest BCUT2D eigenvalue weighted by atomic mass is 9.87. The van der Waals surface area contributed by atoms with Crippen LogP contribution in [0.5, 0.6) is 5.75 Å². The third-order valence-corrected chi connectivity index (χ3v) is 4.73. The van der Waals surface area contributed by atoms with Crippen LogP contribution in [0.2, 0.25) is 0 Å². The first-order chi connectivity index (χ1) is 11.7. The molecule has 1 aliphatic heterocycles. The summed E-state index contributed by atoms with van der Waals surface area (Å²) in [6, 6.07) is 9.89. The predicted octanol–water partition coefficient (Wildman–Crippen LogP) is 1.63. The van der Waals surface area contributed by atoms with E-state index < -0.39 is 5.54 Å². The zero-order valence-electron chi connectivity index (χ0n) is 14.2. The number of hydrogen-bond donors (Lipinski definition) is 1. The molecule has 1 saturated heterocycles. The minimum atomic E-state index is -0.654. The van der Waals surface area contributed by atoms with Crippen LogP contribution in [0.3, 0.4) is 0 Å². The Morgan fingerprint density at radius 3 is 2.92 bits per heavy atom. The molecule has 1 fully saturated rings. The van der Waals surface area contributed by atoms with E-state index in [0.29, 0.717) is 6.54 Å². The van der Waals surface area contributed by atoms with Gasteiger partial charge in [-0.05, 0) is 31.5 Å². The number of methoxy groups -OCH3 is 1. The third kappa shape index (κ3) is 3.01. The van der Waals surface area contributed by atoms with Gasteiger partial charge < -0.3 is 10.1 Å². The summed E-state index contributed by atoms with van der Waals surface area (Å²) >= 11 is 0. The molecule has 0 saturated carbocycles. The van der Waals surface area contributed by atoms with E-state index in [-0.39, 0.29) is 5.91 Å². The van der Waals surface area contributed by atoms with Crippen LogP contribution in [0.1, 0.15) is 18.4 Å². The van der Waals surface area contributed by atoms with E-state index in [4.69, 9.17) is 4.74 Å². The van der Waals surface area contributed by atoms with E-state index in [9.17, 15) is 4.79 Å². The highest BCUT2D eigenvalue weighted by molar-refractivity contribution is 5.84. The van der Waals surface area contributed by atoms with E-state index >= 15 is 0 Å². The van der Waals surface area contributed by atoms with Crippen molar-refractivity contribution in [3.8, 4) is 5.75 Å². The van der Waals surface area contributed by atoms with Crippen molar-refractivity contribution in [1.29, 1.82) is 0 Å². The highest BCUT2D eigenvalue weighted by atomic mass is 16.5. The second-order valence-electron chi connectivity index (χ2n) is 6.19. The zero-order chi connectivity index (χ0) is 17.0. The molecule has 6 nitrogen and oxygen atoms in total. The summed E-state index contributed by atoms with van der Waals surface area (Å²) in [6.45, 7) is 2.34. The van der Waals surface area contributed by atoms with Gasteiger partial charge in [-0.15, -0.1) is 0 Å². The van der Waals surface area contributed by atoms with Crippen molar-refractivity contribution >= 4 is 5.91 Å². The number of rotatable bonds is 5. The number of piperidine rings is 1. The minimum absolute atomic E-state index is 0.0101. The van der Waals surface area contributed by atoms with Crippen molar-refractivity contribution in [3.05, 3.63) is 48.3 Å². The lowest BCUT2D eigenvalue weighted by Crippen LogP contribution is -2.57. The molecule has 1 aromatic carbocycles. The lowest BCUT2D eigenvalue weighted by molar-refractivity contribution is -0.133. The van der Waals surface area contributed by atoms with E-state index in [0.717, 1.165) is 37.2 Å². The molecule has 1 unspecified atom stereocenters. The molecule has 6 heteroatoms. The first kappa shape index (κ1) is 16.5. The van der Waals surface area contributed by atoms with Crippen molar-refractivity contribution < 1.29 is 9.53 Å². The Morgan fingerprint density at radius 1 is 1.38 bits per heavy atom. The van der Waals surface area contributed by atoms with E-state index in [2.05, 4.69) is 21.4 Å². The summed E-state index contributed by atoms with van der Waals surface area (Å²) in [6.07, 6.45) is 5.34. The monoisotopic (exact) mass is 328 g/mol. The Balaban J connectivity index is 1.85. The van der Waals surface area contributed by atoms with Crippen LogP contribution >= 0.6 is 0 Å². The molecule has 1 aromatic heterocycles. The van der Waals surface area contributed by atoms with Crippen LogP contribution in [0, 0.1) is 0 Å². The molecule has 1 atom stereocenters. The number of nitrogens with one attached hydrogen (secondary N) is 1. The Morgan fingerprint density at radius 2 is 2.21 bits per heavy atom. The van der Waals surface area contributed by atoms with Crippen molar-refractivity contribution in [2.75, 3.05) is 27.2 Å². The zero-order valence-corrected chi connectivity index (χ0v) is 14.2. The number of carbonyl (C=O) groups is 1. The SMILES string of the molecule is CNC(=O)C1(n2cccn2)CCCN(Cc2ccccc2OC)C1. The van der Waals surface area contributed by atoms with Gasteiger partial charge in [-0.2, -0.15) is 5.10 Å². The highest BCUT2D eigenvalue weighted by Gasteiger charge is 2.44. The fraction of sp³-hybridized carbons (Fsp3) is 0.444. The van der Waals surface area contributed by atoms with Crippen LogP contribution in [0.15, 0.2) is 42.7 Å². The van der Waals surface area contributed by atoms with Crippen molar-refractivity contribution in [3.63, 3.8) is 0 Å². The molecule has 0 spiro atoms. The van der Waals surface area contributed by atoms with Gasteiger partial charge in [0.05, 0.1) is 7.11 Å². The number of carbonyl (C=O) groups excluding carboxylic acids is 1. The number of benzene rings is 1. The molecule has 1 N–H and O–H groups in total. The second-order valence-corrected chi connectivity index (χ2v) is 6.19. The summed E-state index contributed by atoms with van der Waals surface area (Å²) in [5.74, 6) is 0.892. The number of hydrogen-bond acceptors (Lipinski definition) is 4. The number of amides is 1. The average Bonchev–Trinajstić information content (AvgIpc) is 3.17. The Bertz CT molecular complexity index is 686. The van der Waals surface area contributed by atoms with Crippen LogP contribution in [-0.4, -0.2) is 47.8 Å². The van der Waals surface area contributed by atoms with Crippen molar-refractivity contribution in [2.24, 2.45) is 0 Å².